The fraction of sp³-hybridized carbons (Fsp3) is 0.211. The van der Waals surface area contributed by atoms with Crippen LogP contribution in [0, 0.1) is 5.82 Å². The van der Waals surface area contributed by atoms with Crippen molar-refractivity contribution in [2.24, 2.45) is 0 Å². The summed E-state index contributed by atoms with van der Waals surface area (Å²) in [5.74, 6) is -1.93. The zero-order valence-electron chi connectivity index (χ0n) is 14.6. The number of imide groups is 1. The van der Waals surface area contributed by atoms with Crippen molar-refractivity contribution >= 4 is 17.8 Å². The minimum Gasteiger partial charge on any atom is -0.331 e. The third-order valence-electron chi connectivity index (χ3n) is 5.03. The molecule has 1 saturated heterocycles. The van der Waals surface area contributed by atoms with Crippen LogP contribution in [0.5, 0.6) is 0 Å². The van der Waals surface area contributed by atoms with Crippen molar-refractivity contribution in [3.63, 3.8) is 0 Å². The van der Waals surface area contributed by atoms with Crippen LogP contribution in [0.2, 0.25) is 0 Å². The van der Waals surface area contributed by atoms with E-state index in [1.54, 1.807) is 0 Å². The molecule has 10 heteroatoms. The van der Waals surface area contributed by atoms with Crippen molar-refractivity contribution in [1.82, 2.24) is 15.5 Å². The van der Waals surface area contributed by atoms with Gasteiger partial charge in [-0.05, 0) is 35.4 Å². The molecule has 4 amide bonds. The topological polar surface area (TPSA) is 78.5 Å². The molecule has 2 aromatic rings. The van der Waals surface area contributed by atoms with Gasteiger partial charge in [-0.15, -0.1) is 0 Å². The Balaban J connectivity index is 1.70. The van der Waals surface area contributed by atoms with Gasteiger partial charge >= 0.3 is 12.2 Å². The Labute approximate surface area is 161 Å². The van der Waals surface area contributed by atoms with E-state index in [9.17, 15) is 31.9 Å². The molecule has 2 aliphatic rings. The van der Waals surface area contributed by atoms with E-state index in [0.717, 1.165) is 30.3 Å². The first-order valence-corrected chi connectivity index (χ1v) is 8.49. The van der Waals surface area contributed by atoms with Crippen LogP contribution in [0.1, 0.15) is 27.0 Å². The summed E-state index contributed by atoms with van der Waals surface area (Å²) >= 11 is 0. The number of nitrogens with zero attached hydrogens (tertiary/aromatic N) is 1. The first-order valence-electron chi connectivity index (χ1n) is 8.49. The maximum atomic E-state index is 13.5. The minimum atomic E-state index is -4.57. The van der Waals surface area contributed by atoms with Gasteiger partial charge in [0.1, 0.15) is 5.82 Å². The Morgan fingerprint density at radius 1 is 1.03 bits per heavy atom. The number of carbonyl (C=O) groups is 3. The molecule has 0 bridgehead atoms. The highest BCUT2D eigenvalue weighted by atomic mass is 19.4. The van der Waals surface area contributed by atoms with E-state index in [4.69, 9.17) is 0 Å². The molecule has 1 fully saturated rings. The summed E-state index contributed by atoms with van der Waals surface area (Å²) in [5.41, 5.74) is -1.91. The highest BCUT2D eigenvalue weighted by molar-refractivity contribution is 6.08. The summed E-state index contributed by atoms with van der Waals surface area (Å²) in [7, 11) is 0. The third-order valence-corrected chi connectivity index (χ3v) is 5.03. The van der Waals surface area contributed by atoms with E-state index >= 15 is 0 Å². The molecule has 0 aliphatic carbocycles. The highest BCUT2D eigenvalue weighted by Crippen LogP contribution is 2.34. The first kappa shape index (κ1) is 18.9. The molecule has 4 rings (SSSR count). The van der Waals surface area contributed by atoms with Crippen molar-refractivity contribution in [1.29, 1.82) is 0 Å². The smallest absolute Gasteiger partial charge is 0.331 e. The lowest BCUT2D eigenvalue weighted by molar-refractivity contribution is -0.137. The summed E-state index contributed by atoms with van der Waals surface area (Å²) in [6.45, 7) is -0.259. The monoisotopic (exact) mass is 407 g/mol. The predicted octanol–water partition coefficient (Wildman–Crippen LogP) is 2.54. The fourth-order valence-corrected chi connectivity index (χ4v) is 3.59. The van der Waals surface area contributed by atoms with E-state index in [0.29, 0.717) is 5.56 Å². The summed E-state index contributed by atoms with van der Waals surface area (Å²) in [4.78, 5) is 38.3. The quantitative estimate of drug-likeness (QED) is 0.606. The molecular weight excluding hydrogens is 394 g/mol. The number of amides is 4. The minimum absolute atomic E-state index is 0.0694. The average Bonchev–Trinajstić information content (AvgIpc) is 3.11. The zero-order chi connectivity index (χ0) is 21.0. The highest BCUT2D eigenvalue weighted by Gasteiger charge is 2.50. The second-order valence-electron chi connectivity index (χ2n) is 6.85. The number of halogens is 4. The number of urea groups is 1. The van der Waals surface area contributed by atoms with Crippen molar-refractivity contribution in [2.75, 3.05) is 6.54 Å². The van der Waals surface area contributed by atoms with Crippen LogP contribution < -0.4 is 10.6 Å². The number of fused-ring (bicyclic) bond motifs is 1. The molecule has 0 spiro atoms. The second kappa shape index (κ2) is 6.29. The van der Waals surface area contributed by atoms with Crippen LogP contribution in [0.25, 0.3) is 0 Å². The van der Waals surface area contributed by atoms with Crippen LogP contribution in [0.3, 0.4) is 0 Å². The summed E-state index contributed by atoms with van der Waals surface area (Å²) in [6.07, 6.45) is -4.57. The molecular formula is C19H13F4N3O3. The third kappa shape index (κ3) is 3.10. The molecule has 0 aromatic heterocycles. The van der Waals surface area contributed by atoms with E-state index in [-0.39, 0.29) is 24.2 Å². The van der Waals surface area contributed by atoms with Crippen molar-refractivity contribution in [3.05, 3.63) is 70.5 Å². The van der Waals surface area contributed by atoms with E-state index in [1.807, 2.05) is 0 Å². The molecule has 1 atom stereocenters. The molecule has 2 aromatic carbocycles. The van der Waals surface area contributed by atoms with Gasteiger partial charge in [0.25, 0.3) is 11.8 Å². The first-order chi connectivity index (χ1) is 13.6. The number of alkyl halides is 3. The van der Waals surface area contributed by atoms with Crippen molar-refractivity contribution < 1.29 is 31.9 Å². The molecule has 2 aliphatic heterocycles. The Morgan fingerprint density at radius 2 is 1.72 bits per heavy atom. The van der Waals surface area contributed by atoms with Gasteiger partial charge in [0.2, 0.25) is 0 Å². The van der Waals surface area contributed by atoms with Crippen LogP contribution in [0.4, 0.5) is 22.4 Å². The van der Waals surface area contributed by atoms with Crippen LogP contribution >= 0.6 is 0 Å². The molecule has 0 radical (unpaired) electrons. The Bertz CT molecular complexity index is 1040. The summed E-state index contributed by atoms with van der Waals surface area (Å²) in [5, 5.41) is 4.49. The normalized spacial score (nSPS) is 21.2. The molecule has 29 heavy (non-hydrogen) atoms. The Kier molecular flexibility index (Phi) is 4.10. The lowest BCUT2D eigenvalue weighted by Crippen LogP contribution is -2.52. The predicted molar refractivity (Wildman–Crippen MR) is 90.9 cm³/mol. The molecule has 2 N–H and O–H groups in total. The van der Waals surface area contributed by atoms with E-state index < -0.39 is 40.9 Å². The van der Waals surface area contributed by atoms with E-state index in [1.165, 1.54) is 17.0 Å². The maximum Gasteiger partial charge on any atom is 0.416 e. The number of hydrogen-bond donors (Lipinski definition) is 2. The fourth-order valence-electron chi connectivity index (χ4n) is 3.59. The number of rotatable bonds is 3. The number of benzene rings is 2. The van der Waals surface area contributed by atoms with Crippen molar-refractivity contribution in [3.8, 4) is 0 Å². The molecule has 0 saturated carbocycles. The van der Waals surface area contributed by atoms with Gasteiger partial charge < -0.3 is 10.2 Å². The van der Waals surface area contributed by atoms with E-state index in [2.05, 4.69) is 10.6 Å². The SMILES string of the molecule is O=C1NC(=O)C(CN2Cc3ccc(F)cc3C2=O)(c2ccc(C(F)(F)F)cc2)N1. The average molecular weight is 407 g/mol. The second-order valence-corrected chi connectivity index (χ2v) is 6.85. The van der Waals surface area contributed by atoms with Crippen molar-refractivity contribution in [2.45, 2.75) is 18.3 Å². The molecule has 1 unspecified atom stereocenters. The van der Waals surface area contributed by atoms with Gasteiger partial charge in [-0.2, -0.15) is 13.2 Å². The maximum absolute atomic E-state index is 13.5. The van der Waals surface area contributed by atoms with Gasteiger partial charge in [-0.25, -0.2) is 9.18 Å². The number of hydrogen-bond acceptors (Lipinski definition) is 3. The van der Waals surface area contributed by atoms with Crippen LogP contribution in [-0.2, 0) is 23.1 Å². The zero-order valence-corrected chi connectivity index (χ0v) is 14.6. The van der Waals surface area contributed by atoms with Gasteiger partial charge in [0.05, 0.1) is 12.1 Å². The standard InChI is InChI=1S/C19H13F4N3O3/c20-13-6-1-10-8-26(15(27)14(10)7-13)9-18(16(28)24-17(29)25-18)11-2-4-12(5-3-11)19(21,22)23/h1-7H,8-9H2,(H2,24,25,28,29). The van der Waals surface area contributed by atoms with Gasteiger partial charge in [-0.1, -0.05) is 18.2 Å². The number of carbonyl (C=O) groups excluding carboxylic acids is 3. The molecule has 2 heterocycles. The van der Waals surface area contributed by atoms with Gasteiger partial charge in [0.15, 0.2) is 5.54 Å². The lowest BCUT2D eigenvalue weighted by atomic mass is 9.88. The van der Waals surface area contributed by atoms with Gasteiger partial charge in [-0.3, -0.25) is 14.9 Å². The largest absolute Gasteiger partial charge is 0.416 e. The van der Waals surface area contributed by atoms with Crippen LogP contribution in [-0.4, -0.2) is 29.3 Å². The number of nitrogens with one attached hydrogen (secondary N) is 2. The van der Waals surface area contributed by atoms with Gasteiger partial charge in [0, 0.05) is 12.1 Å². The summed E-state index contributed by atoms with van der Waals surface area (Å²) in [6, 6.07) is 6.66. The Morgan fingerprint density at radius 3 is 2.31 bits per heavy atom. The van der Waals surface area contributed by atoms with Crippen LogP contribution in [0.15, 0.2) is 42.5 Å². The lowest BCUT2D eigenvalue weighted by Gasteiger charge is -2.31. The summed E-state index contributed by atoms with van der Waals surface area (Å²) < 4.78 is 52.1. The molecule has 150 valence electrons. The Hall–Kier alpha value is -3.43. The molecule has 6 nitrogen and oxygen atoms in total.